The van der Waals surface area contributed by atoms with Crippen LogP contribution < -0.4 is 15.4 Å². The highest BCUT2D eigenvalue weighted by Gasteiger charge is 2.27. The van der Waals surface area contributed by atoms with Gasteiger partial charge in [-0.05, 0) is 18.9 Å². The first-order valence-electron chi connectivity index (χ1n) is 9.34. The van der Waals surface area contributed by atoms with Gasteiger partial charge < -0.3 is 15.4 Å². The molecule has 0 spiro atoms. The maximum Gasteiger partial charge on any atom is 0.223 e. The molecular weight excluding hydrogens is 377 g/mol. The van der Waals surface area contributed by atoms with Crippen molar-refractivity contribution in [2.24, 2.45) is 7.05 Å². The number of aromatic nitrogens is 7. The third-order valence-corrected chi connectivity index (χ3v) is 5.29. The Kier molecular flexibility index (Phi) is 3.96. The fourth-order valence-electron chi connectivity index (χ4n) is 3.85. The minimum Gasteiger partial charge on any atom is -0.494 e. The number of piperidine rings is 1. The molecule has 1 atom stereocenters. The number of methoxy groups -OCH3 is 1. The van der Waals surface area contributed by atoms with E-state index in [1.54, 1.807) is 4.68 Å². The van der Waals surface area contributed by atoms with Crippen molar-refractivity contribution in [3.63, 3.8) is 0 Å². The van der Waals surface area contributed by atoms with Crippen LogP contribution >= 0.6 is 0 Å². The molecule has 1 aliphatic rings. The lowest BCUT2D eigenvalue weighted by atomic mass is 9.97. The third-order valence-electron chi connectivity index (χ3n) is 5.29. The summed E-state index contributed by atoms with van der Waals surface area (Å²) in [5.74, 6) is 1.42. The number of rotatable bonds is 3. The quantitative estimate of drug-likeness (QED) is 0.554. The number of halogens is 1. The van der Waals surface area contributed by atoms with Crippen molar-refractivity contribution in [2.75, 3.05) is 30.8 Å². The predicted molar refractivity (Wildman–Crippen MR) is 104 cm³/mol. The van der Waals surface area contributed by atoms with Gasteiger partial charge in [0.25, 0.3) is 0 Å². The zero-order valence-electron chi connectivity index (χ0n) is 16.1. The van der Waals surface area contributed by atoms with Gasteiger partial charge in [-0.2, -0.15) is 4.52 Å². The first kappa shape index (κ1) is 17.6. The fourth-order valence-corrected chi connectivity index (χ4v) is 3.85. The molecule has 0 aliphatic carbocycles. The molecule has 4 aromatic rings. The lowest BCUT2D eigenvalue weighted by Gasteiger charge is -2.31. The number of hydrogen-bond donors (Lipinski definition) is 1. The van der Waals surface area contributed by atoms with Crippen molar-refractivity contribution in [2.45, 2.75) is 18.8 Å². The summed E-state index contributed by atoms with van der Waals surface area (Å²) in [5.41, 5.74) is 7.10. The van der Waals surface area contributed by atoms with E-state index in [0.717, 1.165) is 31.7 Å². The summed E-state index contributed by atoms with van der Waals surface area (Å²) in [6.45, 7) is 1.63. The van der Waals surface area contributed by atoms with E-state index >= 15 is 0 Å². The Balaban J connectivity index is 1.56. The van der Waals surface area contributed by atoms with Crippen LogP contribution in [0.3, 0.4) is 0 Å². The average Bonchev–Trinajstić information content (AvgIpc) is 3.36. The smallest absolute Gasteiger partial charge is 0.223 e. The number of anilines is 2. The lowest BCUT2D eigenvalue weighted by molar-refractivity contribution is 0.387. The first-order chi connectivity index (χ1) is 14.0. The second-order valence-electron chi connectivity index (χ2n) is 7.21. The molecule has 11 heteroatoms. The van der Waals surface area contributed by atoms with Crippen LogP contribution in [0.1, 0.15) is 24.6 Å². The molecule has 0 radical (unpaired) electrons. The van der Waals surface area contributed by atoms with Crippen LogP contribution in [0.5, 0.6) is 5.75 Å². The Labute approximate surface area is 165 Å². The average molecular weight is 397 g/mol. The van der Waals surface area contributed by atoms with Crippen LogP contribution in [0, 0.1) is 5.82 Å². The van der Waals surface area contributed by atoms with E-state index in [-0.39, 0.29) is 17.6 Å². The highest BCUT2D eigenvalue weighted by Crippen LogP contribution is 2.31. The topological polar surface area (TPSA) is 112 Å². The Bertz CT molecular complexity index is 1220. The van der Waals surface area contributed by atoms with E-state index in [1.165, 1.54) is 23.8 Å². The van der Waals surface area contributed by atoms with E-state index in [1.807, 2.05) is 13.2 Å². The van der Waals surface area contributed by atoms with Crippen LogP contribution in [0.25, 0.3) is 16.6 Å². The minimum atomic E-state index is -0.482. The van der Waals surface area contributed by atoms with Crippen molar-refractivity contribution in [3.05, 3.63) is 30.0 Å². The molecule has 0 amide bonds. The Morgan fingerprint density at radius 3 is 2.90 bits per heavy atom. The Hall–Kier alpha value is -3.50. The van der Waals surface area contributed by atoms with E-state index in [9.17, 15) is 4.39 Å². The maximum atomic E-state index is 14.3. The number of aryl methyl sites for hydroxylation is 1. The molecule has 150 valence electrons. The van der Waals surface area contributed by atoms with E-state index in [0.29, 0.717) is 22.4 Å². The maximum absolute atomic E-state index is 14.3. The molecule has 0 bridgehead atoms. The standard InChI is InChI=1S/C18H20FN9O/c1-26-9-15(23-25-26)27-5-3-4-10(8-27)16-22-17-11-6-12(19)14(29-2)7-13(11)21-18(20)28(17)24-16/h6-7,9-10H,3-5,8H2,1-2H3,(H2,20,21)/t10-/m1/s1. The second-order valence-corrected chi connectivity index (χ2v) is 7.21. The van der Waals surface area contributed by atoms with Gasteiger partial charge in [-0.3, -0.25) is 4.68 Å². The predicted octanol–water partition coefficient (Wildman–Crippen LogP) is 1.52. The number of benzene rings is 1. The van der Waals surface area contributed by atoms with Gasteiger partial charge in [0.1, 0.15) is 0 Å². The number of nitrogens with two attached hydrogens (primary N) is 1. The van der Waals surface area contributed by atoms with Crippen molar-refractivity contribution in [1.29, 1.82) is 0 Å². The molecule has 2 N–H and O–H groups in total. The summed E-state index contributed by atoms with van der Waals surface area (Å²) in [4.78, 5) is 11.2. The molecule has 4 heterocycles. The van der Waals surface area contributed by atoms with Crippen molar-refractivity contribution < 1.29 is 9.13 Å². The summed E-state index contributed by atoms with van der Waals surface area (Å²) in [5, 5.41) is 13.3. The highest BCUT2D eigenvalue weighted by atomic mass is 19.1. The van der Waals surface area contributed by atoms with Gasteiger partial charge >= 0.3 is 0 Å². The van der Waals surface area contributed by atoms with E-state index < -0.39 is 5.82 Å². The van der Waals surface area contributed by atoms with Gasteiger partial charge in [0, 0.05) is 37.5 Å². The molecule has 3 aromatic heterocycles. The highest BCUT2D eigenvalue weighted by molar-refractivity contribution is 5.93. The fraction of sp³-hybridized carbons (Fsp3) is 0.389. The molecular formula is C18H20FN9O. The van der Waals surface area contributed by atoms with Crippen LogP contribution in [0.15, 0.2) is 18.3 Å². The Morgan fingerprint density at radius 1 is 1.28 bits per heavy atom. The Morgan fingerprint density at radius 2 is 2.14 bits per heavy atom. The minimum absolute atomic E-state index is 0.100. The molecule has 29 heavy (non-hydrogen) atoms. The SMILES string of the molecule is COc1cc2nc(N)n3nc([C@@H]4CCCN(c5cn(C)nn5)C4)nc3c2cc1F. The number of hydrogen-bond acceptors (Lipinski definition) is 8. The van der Waals surface area contributed by atoms with Crippen molar-refractivity contribution in [3.8, 4) is 5.75 Å². The summed E-state index contributed by atoms with van der Waals surface area (Å²) < 4.78 is 22.5. The summed E-state index contributed by atoms with van der Waals surface area (Å²) >= 11 is 0. The van der Waals surface area contributed by atoms with Crippen molar-refractivity contribution in [1.82, 2.24) is 34.6 Å². The largest absolute Gasteiger partial charge is 0.494 e. The molecule has 1 saturated heterocycles. The zero-order chi connectivity index (χ0) is 20.1. The van der Waals surface area contributed by atoms with Gasteiger partial charge in [0.15, 0.2) is 28.9 Å². The molecule has 10 nitrogen and oxygen atoms in total. The summed E-state index contributed by atoms with van der Waals surface area (Å²) in [6.07, 6.45) is 3.82. The van der Waals surface area contributed by atoms with Crippen LogP contribution in [0.2, 0.25) is 0 Å². The second kappa shape index (κ2) is 6.54. The molecule has 1 aliphatic heterocycles. The monoisotopic (exact) mass is 397 g/mol. The van der Waals surface area contributed by atoms with Gasteiger partial charge in [-0.15, -0.1) is 10.2 Å². The normalized spacial score (nSPS) is 17.3. The van der Waals surface area contributed by atoms with Gasteiger partial charge in [0.05, 0.1) is 18.8 Å². The van der Waals surface area contributed by atoms with Gasteiger partial charge in [-0.25, -0.2) is 14.4 Å². The summed E-state index contributed by atoms with van der Waals surface area (Å²) in [7, 11) is 3.25. The molecule has 0 saturated carbocycles. The van der Waals surface area contributed by atoms with Gasteiger partial charge in [0.2, 0.25) is 5.95 Å². The van der Waals surface area contributed by atoms with E-state index in [2.05, 4.69) is 25.3 Å². The van der Waals surface area contributed by atoms with Crippen LogP contribution in [-0.4, -0.2) is 54.8 Å². The molecule has 5 rings (SSSR count). The number of nitrogens with zero attached hydrogens (tertiary/aromatic N) is 8. The zero-order valence-corrected chi connectivity index (χ0v) is 16.1. The van der Waals surface area contributed by atoms with Gasteiger partial charge in [-0.1, -0.05) is 5.21 Å². The van der Waals surface area contributed by atoms with Crippen LogP contribution in [-0.2, 0) is 7.05 Å². The molecule has 1 fully saturated rings. The lowest BCUT2D eigenvalue weighted by Crippen LogP contribution is -2.35. The number of nitrogen functional groups attached to an aromatic ring is 1. The molecule has 0 unspecified atom stereocenters. The summed E-state index contributed by atoms with van der Waals surface area (Å²) in [6, 6.07) is 2.88. The van der Waals surface area contributed by atoms with Crippen LogP contribution in [0.4, 0.5) is 16.2 Å². The number of fused-ring (bicyclic) bond motifs is 3. The number of ether oxygens (including phenoxy) is 1. The van der Waals surface area contributed by atoms with E-state index in [4.69, 9.17) is 15.5 Å². The van der Waals surface area contributed by atoms with Crippen molar-refractivity contribution >= 4 is 28.3 Å². The first-order valence-corrected chi connectivity index (χ1v) is 9.34. The molecule has 1 aromatic carbocycles. The third kappa shape index (κ3) is 2.89.